The summed E-state index contributed by atoms with van der Waals surface area (Å²) in [5.74, 6) is -3.02. The third-order valence-electron chi connectivity index (χ3n) is 3.81. The van der Waals surface area contributed by atoms with Crippen molar-refractivity contribution < 1.29 is 58.9 Å². The first-order valence-electron chi connectivity index (χ1n) is 7.02. The summed E-state index contributed by atoms with van der Waals surface area (Å²) < 4.78 is 5.54. The number of benzene rings is 1. The van der Waals surface area contributed by atoms with Gasteiger partial charge in [0.05, 0.1) is 18.0 Å². The molecule has 0 aliphatic carbocycles. The molecule has 0 bridgehead atoms. The molecule has 8 nitrogen and oxygen atoms in total. The summed E-state index contributed by atoms with van der Waals surface area (Å²) in [6.07, 6.45) is -0.900. The summed E-state index contributed by atoms with van der Waals surface area (Å²) in [6, 6.07) is 5.80. The van der Waals surface area contributed by atoms with Gasteiger partial charge in [0.1, 0.15) is 16.8 Å². The fourth-order valence-electron chi connectivity index (χ4n) is 2.61. The predicted octanol–water partition coefficient (Wildman–Crippen LogP) is -4.00. The second kappa shape index (κ2) is 7.38. The van der Waals surface area contributed by atoms with Gasteiger partial charge < -0.3 is 25.5 Å². The summed E-state index contributed by atoms with van der Waals surface area (Å²) in [4.78, 5) is 35.5. The van der Waals surface area contributed by atoms with Gasteiger partial charge in [-0.05, 0) is 31.2 Å². The Kier molecular flexibility index (Phi) is 5.85. The molecule has 1 aromatic rings. The molecule has 25 heavy (non-hydrogen) atoms. The topological polar surface area (TPSA) is 133 Å². The largest absolute Gasteiger partial charge is 1.00 e. The number of nitrogens with zero attached hydrogens (tertiary/aromatic N) is 1. The van der Waals surface area contributed by atoms with Crippen molar-refractivity contribution in [2.45, 2.75) is 18.4 Å². The summed E-state index contributed by atoms with van der Waals surface area (Å²) in [6.45, 7) is 1.47. The van der Waals surface area contributed by atoms with E-state index in [-0.39, 0.29) is 51.7 Å². The number of β-lactam (4-membered cyclic amide) rings is 1. The van der Waals surface area contributed by atoms with Crippen LogP contribution in [0, 0.1) is 5.92 Å². The Morgan fingerprint density at radius 2 is 1.96 bits per heavy atom. The first-order chi connectivity index (χ1) is 11.3. The molecule has 3 atom stereocenters. The van der Waals surface area contributed by atoms with E-state index in [9.17, 15) is 24.6 Å². The molecule has 3 rings (SSSR count). The van der Waals surface area contributed by atoms with E-state index in [0.29, 0.717) is 0 Å². The molecule has 2 amide bonds. The third-order valence-corrected chi connectivity index (χ3v) is 5.05. The summed E-state index contributed by atoms with van der Waals surface area (Å²) in [5.41, 5.74) is 5.07. The second-order valence-electron chi connectivity index (χ2n) is 5.40. The number of amides is 2. The van der Waals surface area contributed by atoms with Crippen molar-refractivity contribution in [3.8, 4) is 5.75 Å². The van der Waals surface area contributed by atoms with Crippen LogP contribution >= 0.6 is 11.8 Å². The second-order valence-corrected chi connectivity index (χ2v) is 6.49. The van der Waals surface area contributed by atoms with Gasteiger partial charge in [-0.25, -0.2) is 0 Å². The number of hydrogen-bond acceptors (Lipinski definition) is 7. The van der Waals surface area contributed by atoms with Crippen LogP contribution < -0.4 is 45.1 Å². The Hall–Kier alpha value is -1.52. The SMILES string of the molecule is CC(O)[C@H]1C(=O)N2C(C(=O)[O-])=C(Oc3ccc(C(N)=O)cc3)S[C@H]12.[Na+]. The van der Waals surface area contributed by atoms with E-state index in [0.717, 1.165) is 16.7 Å². The molecule has 10 heteroatoms. The summed E-state index contributed by atoms with van der Waals surface area (Å²) in [7, 11) is 0. The Bertz CT molecular complexity index is 764. The number of ether oxygens (including phenoxy) is 1. The summed E-state index contributed by atoms with van der Waals surface area (Å²) in [5, 5.41) is 20.5. The maximum absolute atomic E-state index is 12.0. The van der Waals surface area contributed by atoms with Gasteiger partial charge in [0, 0.05) is 5.56 Å². The Morgan fingerprint density at radius 1 is 1.36 bits per heavy atom. The van der Waals surface area contributed by atoms with Crippen molar-refractivity contribution in [3.05, 3.63) is 40.6 Å². The van der Waals surface area contributed by atoms with Crippen LogP contribution in [0.5, 0.6) is 5.75 Å². The molecule has 1 aromatic carbocycles. The molecular formula is C15H13N2NaO6S. The van der Waals surface area contributed by atoms with E-state index >= 15 is 0 Å². The van der Waals surface area contributed by atoms with E-state index in [2.05, 4.69) is 0 Å². The van der Waals surface area contributed by atoms with Gasteiger partial charge in [-0.15, -0.1) is 0 Å². The van der Waals surface area contributed by atoms with E-state index < -0.39 is 35.2 Å². The first kappa shape index (κ1) is 19.8. The van der Waals surface area contributed by atoms with Crippen molar-refractivity contribution in [1.29, 1.82) is 0 Å². The zero-order valence-corrected chi connectivity index (χ0v) is 16.3. The van der Waals surface area contributed by atoms with E-state index in [1.165, 1.54) is 31.2 Å². The van der Waals surface area contributed by atoms with Crippen LogP contribution in [-0.2, 0) is 9.59 Å². The van der Waals surface area contributed by atoms with Crippen LogP contribution in [0.3, 0.4) is 0 Å². The van der Waals surface area contributed by atoms with Crippen molar-refractivity contribution in [2.75, 3.05) is 0 Å². The number of carbonyl (C=O) groups excluding carboxylic acids is 3. The molecular weight excluding hydrogens is 359 g/mol. The molecule has 3 N–H and O–H groups in total. The van der Waals surface area contributed by atoms with Crippen molar-refractivity contribution in [1.82, 2.24) is 4.90 Å². The van der Waals surface area contributed by atoms with Gasteiger partial charge in [-0.1, -0.05) is 11.8 Å². The third kappa shape index (κ3) is 3.42. The van der Waals surface area contributed by atoms with Gasteiger partial charge in [-0.3, -0.25) is 14.5 Å². The normalized spacial score (nSPS) is 22.6. The molecule has 0 aromatic heterocycles. The molecule has 0 saturated carbocycles. The molecule has 1 unspecified atom stereocenters. The van der Waals surface area contributed by atoms with Crippen LogP contribution in [0.25, 0.3) is 0 Å². The average Bonchev–Trinajstić information content (AvgIpc) is 2.81. The van der Waals surface area contributed by atoms with Crippen LogP contribution in [0.15, 0.2) is 35.1 Å². The number of hydrogen-bond donors (Lipinski definition) is 2. The fraction of sp³-hybridized carbons (Fsp3) is 0.267. The Balaban J connectivity index is 0.00000225. The number of carbonyl (C=O) groups is 3. The van der Waals surface area contributed by atoms with Crippen molar-refractivity contribution >= 4 is 29.5 Å². The number of thioether (sulfide) groups is 1. The van der Waals surface area contributed by atoms with Crippen molar-refractivity contribution in [3.63, 3.8) is 0 Å². The number of aliphatic carboxylic acids is 1. The van der Waals surface area contributed by atoms with Gasteiger partial charge in [0.15, 0.2) is 5.09 Å². The predicted molar refractivity (Wildman–Crippen MR) is 81.0 cm³/mol. The van der Waals surface area contributed by atoms with E-state index in [1.54, 1.807) is 0 Å². The molecule has 0 radical (unpaired) electrons. The molecule has 126 valence electrons. The average molecular weight is 372 g/mol. The minimum absolute atomic E-state index is 0. The molecule has 2 heterocycles. The first-order valence-corrected chi connectivity index (χ1v) is 7.90. The molecule has 2 aliphatic rings. The van der Waals surface area contributed by atoms with Gasteiger partial charge in [-0.2, -0.15) is 0 Å². The van der Waals surface area contributed by atoms with Gasteiger partial charge in [0.2, 0.25) is 11.8 Å². The minimum atomic E-state index is -1.54. The van der Waals surface area contributed by atoms with Crippen LogP contribution in [-0.4, -0.2) is 39.3 Å². The summed E-state index contributed by atoms with van der Waals surface area (Å²) >= 11 is 1.03. The number of aliphatic hydroxyl groups excluding tert-OH is 1. The van der Waals surface area contributed by atoms with Crippen LogP contribution in [0.4, 0.5) is 0 Å². The fourth-order valence-corrected chi connectivity index (χ4v) is 4.07. The molecule has 2 aliphatic heterocycles. The number of carboxylic acid groups (broad SMARTS) is 1. The smallest absolute Gasteiger partial charge is 0.543 e. The zero-order chi connectivity index (χ0) is 17.6. The number of primary amides is 1. The quantitative estimate of drug-likeness (QED) is 0.398. The number of rotatable bonds is 5. The van der Waals surface area contributed by atoms with E-state index in [4.69, 9.17) is 10.5 Å². The molecule has 1 fully saturated rings. The zero-order valence-electron chi connectivity index (χ0n) is 13.5. The standard InChI is InChI=1S/C15H14N2O6S.Na/c1-6(18)9-12(20)17-10(14(21)22)15(24-13(9)17)23-8-4-2-7(3-5-8)11(16)19;/h2-6,9,13,18H,1H3,(H2,16,19)(H,21,22);/q;+1/p-1/t6?,9-,13+;/m0./s1. The number of carboxylic acids is 1. The Labute approximate surface area is 169 Å². The van der Waals surface area contributed by atoms with Crippen LogP contribution in [0.1, 0.15) is 17.3 Å². The molecule has 0 spiro atoms. The number of aliphatic hydroxyl groups is 1. The monoisotopic (exact) mass is 372 g/mol. The number of nitrogens with two attached hydrogens (primary N) is 1. The number of fused-ring (bicyclic) bond motifs is 1. The maximum Gasteiger partial charge on any atom is 1.00 e. The van der Waals surface area contributed by atoms with Gasteiger partial charge in [0.25, 0.3) is 0 Å². The van der Waals surface area contributed by atoms with E-state index in [1.807, 2.05) is 0 Å². The Morgan fingerprint density at radius 3 is 2.44 bits per heavy atom. The molecule has 1 saturated heterocycles. The minimum Gasteiger partial charge on any atom is -0.543 e. The van der Waals surface area contributed by atoms with Crippen molar-refractivity contribution in [2.24, 2.45) is 11.7 Å². The van der Waals surface area contributed by atoms with Crippen LogP contribution in [0.2, 0.25) is 0 Å². The van der Waals surface area contributed by atoms with Gasteiger partial charge >= 0.3 is 29.6 Å². The maximum atomic E-state index is 12.0.